The molecule has 4 rings (SSSR count). The first-order valence-electron chi connectivity index (χ1n) is 11.1. The first kappa shape index (κ1) is 20.7. The van der Waals surface area contributed by atoms with E-state index >= 15 is 0 Å². The predicted molar refractivity (Wildman–Crippen MR) is 118 cm³/mol. The molecule has 2 fully saturated rings. The van der Waals surface area contributed by atoms with Crippen molar-refractivity contribution in [3.8, 4) is 11.5 Å². The van der Waals surface area contributed by atoms with E-state index in [-0.39, 0.29) is 5.92 Å². The Labute approximate surface area is 179 Å². The van der Waals surface area contributed by atoms with Crippen LogP contribution in [0.25, 0.3) is 0 Å². The number of carbonyl (C=O) groups excluding carboxylic acids is 1. The zero-order chi connectivity index (χ0) is 20.8. The van der Waals surface area contributed by atoms with Crippen molar-refractivity contribution in [3.05, 3.63) is 59.7 Å². The average Bonchev–Trinajstić information content (AvgIpc) is 3.34. The lowest BCUT2D eigenvalue weighted by atomic mass is 9.95. The van der Waals surface area contributed by atoms with Gasteiger partial charge in [0.1, 0.15) is 6.61 Å². The van der Waals surface area contributed by atoms with Gasteiger partial charge in [-0.05, 0) is 62.0 Å². The number of nitrogens with zero attached hydrogens (tertiary/aromatic N) is 2. The van der Waals surface area contributed by atoms with Gasteiger partial charge in [-0.3, -0.25) is 9.69 Å². The van der Waals surface area contributed by atoms with E-state index in [1.807, 2.05) is 24.3 Å². The Morgan fingerprint density at radius 1 is 0.933 bits per heavy atom. The molecule has 2 aliphatic rings. The summed E-state index contributed by atoms with van der Waals surface area (Å²) >= 11 is 0. The Bertz CT molecular complexity index is 826. The van der Waals surface area contributed by atoms with Crippen molar-refractivity contribution >= 4 is 5.91 Å². The molecule has 5 nitrogen and oxygen atoms in total. The van der Waals surface area contributed by atoms with E-state index < -0.39 is 0 Å². The fourth-order valence-electron chi connectivity index (χ4n) is 4.46. The molecular formula is C25H32N2O3. The van der Waals surface area contributed by atoms with Gasteiger partial charge in [0.05, 0.1) is 7.11 Å². The highest BCUT2D eigenvalue weighted by molar-refractivity contribution is 5.79. The molecule has 2 aliphatic heterocycles. The van der Waals surface area contributed by atoms with Crippen LogP contribution in [0.4, 0.5) is 0 Å². The van der Waals surface area contributed by atoms with Gasteiger partial charge in [0, 0.05) is 25.6 Å². The number of hydrogen-bond acceptors (Lipinski definition) is 4. The maximum atomic E-state index is 12.6. The molecular weight excluding hydrogens is 376 g/mol. The molecule has 2 heterocycles. The van der Waals surface area contributed by atoms with Gasteiger partial charge in [-0.25, -0.2) is 0 Å². The summed E-state index contributed by atoms with van der Waals surface area (Å²) < 4.78 is 11.5. The molecule has 2 saturated heterocycles. The number of ether oxygens (including phenoxy) is 2. The van der Waals surface area contributed by atoms with Crippen molar-refractivity contribution in [2.75, 3.05) is 33.3 Å². The summed E-state index contributed by atoms with van der Waals surface area (Å²) in [6.45, 7) is 5.25. The highest BCUT2D eigenvalue weighted by Crippen LogP contribution is 2.30. The van der Waals surface area contributed by atoms with Crippen LogP contribution in [0.1, 0.15) is 36.8 Å². The number of benzene rings is 2. The van der Waals surface area contributed by atoms with Gasteiger partial charge < -0.3 is 14.4 Å². The summed E-state index contributed by atoms with van der Waals surface area (Å²) in [4.78, 5) is 17.1. The van der Waals surface area contributed by atoms with Crippen LogP contribution in [0.5, 0.6) is 11.5 Å². The second-order valence-corrected chi connectivity index (χ2v) is 8.34. The molecule has 160 valence electrons. The molecule has 0 aromatic heterocycles. The summed E-state index contributed by atoms with van der Waals surface area (Å²) in [7, 11) is 1.68. The van der Waals surface area contributed by atoms with E-state index in [9.17, 15) is 4.79 Å². The third kappa shape index (κ3) is 5.14. The first-order chi connectivity index (χ1) is 14.7. The van der Waals surface area contributed by atoms with Gasteiger partial charge in [0.25, 0.3) is 0 Å². The van der Waals surface area contributed by atoms with Gasteiger partial charge in [0.2, 0.25) is 5.91 Å². The average molecular weight is 409 g/mol. The molecule has 0 atom stereocenters. The standard InChI is InChI=1S/C25H32N2O3/c1-29-24-17-21(9-10-23(24)30-19-20-7-3-2-4-8-20)18-26-15-11-22(12-16-26)25(28)27-13-5-6-14-27/h2-4,7-10,17,22H,5-6,11-16,18-19H2,1H3. The Morgan fingerprint density at radius 3 is 2.37 bits per heavy atom. The van der Waals surface area contributed by atoms with E-state index in [1.165, 1.54) is 5.56 Å². The molecule has 30 heavy (non-hydrogen) atoms. The Hall–Kier alpha value is -2.53. The summed E-state index contributed by atoms with van der Waals surface area (Å²) in [5.41, 5.74) is 2.35. The number of likely N-dealkylation sites (tertiary alicyclic amines) is 2. The lowest BCUT2D eigenvalue weighted by Crippen LogP contribution is -2.41. The van der Waals surface area contributed by atoms with Crippen LogP contribution in [0, 0.1) is 5.92 Å². The second-order valence-electron chi connectivity index (χ2n) is 8.34. The highest BCUT2D eigenvalue weighted by atomic mass is 16.5. The molecule has 0 unspecified atom stereocenters. The second kappa shape index (κ2) is 9.98. The number of methoxy groups -OCH3 is 1. The SMILES string of the molecule is COc1cc(CN2CCC(C(=O)N3CCCC3)CC2)ccc1OCc1ccccc1. The Balaban J connectivity index is 1.30. The minimum Gasteiger partial charge on any atom is -0.493 e. The smallest absolute Gasteiger partial charge is 0.225 e. The molecule has 0 radical (unpaired) electrons. The molecule has 0 spiro atoms. The maximum Gasteiger partial charge on any atom is 0.225 e. The van der Waals surface area contributed by atoms with E-state index in [0.29, 0.717) is 12.5 Å². The van der Waals surface area contributed by atoms with Crippen LogP contribution in [-0.4, -0.2) is 49.0 Å². The number of rotatable bonds is 7. The number of carbonyl (C=O) groups is 1. The quantitative estimate of drug-likeness (QED) is 0.692. The van der Waals surface area contributed by atoms with Crippen LogP contribution in [0.3, 0.4) is 0 Å². The van der Waals surface area contributed by atoms with Crippen LogP contribution in [0.15, 0.2) is 48.5 Å². The van der Waals surface area contributed by atoms with Crippen LogP contribution in [0.2, 0.25) is 0 Å². The Kier molecular flexibility index (Phi) is 6.90. The van der Waals surface area contributed by atoms with E-state index in [2.05, 4.69) is 34.1 Å². The van der Waals surface area contributed by atoms with Gasteiger partial charge in [-0.15, -0.1) is 0 Å². The van der Waals surface area contributed by atoms with Gasteiger partial charge >= 0.3 is 0 Å². The minimum absolute atomic E-state index is 0.211. The van der Waals surface area contributed by atoms with Crippen molar-refractivity contribution in [1.82, 2.24) is 9.80 Å². The lowest BCUT2D eigenvalue weighted by Gasteiger charge is -2.33. The van der Waals surface area contributed by atoms with Crippen molar-refractivity contribution < 1.29 is 14.3 Å². The summed E-state index contributed by atoms with van der Waals surface area (Å²) in [6.07, 6.45) is 4.25. The molecule has 2 aromatic rings. The zero-order valence-corrected chi connectivity index (χ0v) is 17.9. The summed E-state index contributed by atoms with van der Waals surface area (Å²) in [6, 6.07) is 16.3. The highest BCUT2D eigenvalue weighted by Gasteiger charge is 2.29. The molecule has 0 aliphatic carbocycles. The molecule has 5 heteroatoms. The summed E-state index contributed by atoms with van der Waals surface area (Å²) in [5.74, 6) is 2.12. The third-order valence-corrected chi connectivity index (χ3v) is 6.23. The molecule has 0 bridgehead atoms. The molecule has 2 aromatic carbocycles. The maximum absolute atomic E-state index is 12.6. The lowest BCUT2D eigenvalue weighted by molar-refractivity contribution is -0.136. The molecule has 0 saturated carbocycles. The Morgan fingerprint density at radius 2 is 1.67 bits per heavy atom. The van der Waals surface area contributed by atoms with Crippen molar-refractivity contribution in [2.45, 2.75) is 38.8 Å². The van der Waals surface area contributed by atoms with Gasteiger partial charge in [-0.1, -0.05) is 36.4 Å². The number of piperidine rings is 1. The topological polar surface area (TPSA) is 42.0 Å². The normalized spacial score (nSPS) is 17.8. The van der Waals surface area contributed by atoms with Gasteiger partial charge in [-0.2, -0.15) is 0 Å². The van der Waals surface area contributed by atoms with Crippen LogP contribution >= 0.6 is 0 Å². The number of hydrogen-bond donors (Lipinski definition) is 0. The predicted octanol–water partition coefficient (Wildman–Crippen LogP) is 4.11. The molecule has 0 N–H and O–H groups in total. The monoisotopic (exact) mass is 408 g/mol. The van der Waals surface area contributed by atoms with Gasteiger partial charge in [0.15, 0.2) is 11.5 Å². The van der Waals surface area contributed by atoms with Crippen LogP contribution in [-0.2, 0) is 17.9 Å². The number of amides is 1. The first-order valence-corrected chi connectivity index (χ1v) is 11.1. The minimum atomic E-state index is 0.211. The fraction of sp³-hybridized carbons (Fsp3) is 0.480. The van der Waals surface area contributed by atoms with Crippen molar-refractivity contribution in [1.29, 1.82) is 0 Å². The van der Waals surface area contributed by atoms with E-state index in [0.717, 1.165) is 75.5 Å². The summed E-state index contributed by atoms with van der Waals surface area (Å²) in [5, 5.41) is 0. The van der Waals surface area contributed by atoms with Crippen LogP contribution < -0.4 is 9.47 Å². The fourth-order valence-corrected chi connectivity index (χ4v) is 4.46. The third-order valence-electron chi connectivity index (χ3n) is 6.23. The van der Waals surface area contributed by atoms with E-state index in [1.54, 1.807) is 7.11 Å². The largest absolute Gasteiger partial charge is 0.493 e. The van der Waals surface area contributed by atoms with Crippen molar-refractivity contribution in [2.24, 2.45) is 5.92 Å². The zero-order valence-electron chi connectivity index (χ0n) is 17.9. The molecule has 1 amide bonds. The van der Waals surface area contributed by atoms with E-state index in [4.69, 9.17) is 9.47 Å². The van der Waals surface area contributed by atoms with Crippen molar-refractivity contribution in [3.63, 3.8) is 0 Å².